The summed E-state index contributed by atoms with van der Waals surface area (Å²) in [6.45, 7) is 6.27. The fourth-order valence-corrected chi connectivity index (χ4v) is 4.60. The highest BCUT2D eigenvalue weighted by molar-refractivity contribution is 5.68. The number of nitrogen functional groups attached to an aromatic ring is 1. The maximum absolute atomic E-state index is 11.1. The molecule has 7 heteroatoms. The van der Waals surface area contributed by atoms with Gasteiger partial charge in [0.15, 0.2) is 0 Å². The van der Waals surface area contributed by atoms with E-state index in [0.29, 0.717) is 18.4 Å². The van der Waals surface area contributed by atoms with E-state index >= 15 is 0 Å². The molecule has 3 N–H and O–H groups in total. The molecule has 2 bridgehead atoms. The second-order valence-corrected chi connectivity index (χ2v) is 8.26. The molecule has 3 aliphatic heterocycles. The molecule has 1 aromatic heterocycles. The first-order valence-corrected chi connectivity index (χ1v) is 9.83. The first-order valence-electron chi connectivity index (χ1n) is 9.83. The van der Waals surface area contributed by atoms with Gasteiger partial charge >= 0.3 is 5.97 Å². The first kappa shape index (κ1) is 17.5. The van der Waals surface area contributed by atoms with Gasteiger partial charge in [0.1, 0.15) is 5.82 Å². The van der Waals surface area contributed by atoms with Gasteiger partial charge in [-0.1, -0.05) is 0 Å². The normalized spacial score (nSPS) is 26.1. The van der Waals surface area contributed by atoms with E-state index < -0.39 is 5.97 Å². The highest BCUT2D eigenvalue weighted by Gasteiger charge is 2.38. The van der Waals surface area contributed by atoms with Crippen molar-refractivity contribution in [2.45, 2.75) is 51.5 Å². The Morgan fingerprint density at radius 3 is 2.73 bits per heavy atom. The lowest BCUT2D eigenvalue weighted by molar-refractivity contribution is -0.136. The van der Waals surface area contributed by atoms with Crippen LogP contribution < -0.4 is 10.6 Å². The van der Waals surface area contributed by atoms with Crippen LogP contribution in [0.15, 0.2) is 0 Å². The summed E-state index contributed by atoms with van der Waals surface area (Å²) in [5.41, 5.74) is 7.69. The van der Waals surface area contributed by atoms with Crippen LogP contribution in [0.4, 0.5) is 11.8 Å². The molecule has 1 aromatic rings. The van der Waals surface area contributed by atoms with Crippen LogP contribution in [0.2, 0.25) is 0 Å². The number of fused-ring (bicyclic) bond motifs is 4. The zero-order valence-corrected chi connectivity index (χ0v) is 15.5. The van der Waals surface area contributed by atoms with E-state index in [0.717, 1.165) is 36.1 Å². The summed E-state index contributed by atoms with van der Waals surface area (Å²) < 4.78 is 0. The number of nitrogens with two attached hydrogens (primary N) is 1. The molecule has 0 amide bonds. The molecule has 1 saturated carbocycles. The number of hydrogen-bond acceptors (Lipinski definition) is 6. The molecule has 3 saturated heterocycles. The Kier molecular flexibility index (Phi) is 4.73. The number of nitrogens with zero attached hydrogens (tertiary/aromatic N) is 4. The number of rotatable bonds is 6. The lowest BCUT2D eigenvalue weighted by Gasteiger charge is -2.36. The van der Waals surface area contributed by atoms with Crippen molar-refractivity contribution in [2.24, 2.45) is 11.8 Å². The zero-order valence-electron chi connectivity index (χ0n) is 15.5. The fourth-order valence-electron chi connectivity index (χ4n) is 4.60. The summed E-state index contributed by atoms with van der Waals surface area (Å²) in [7, 11) is 0. The Labute approximate surface area is 154 Å². The zero-order chi connectivity index (χ0) is 18.3. The third-order valence-electron chi connectivity index (χ3n) is 6.11. The van der Waals surface area contributed by atoms with Crippen LogP contribution >= 0.6 is 0 Å². The van der Waals surface area contributed by atoms with E-state index in [2.05, 4.69) is 19.8 Å². The average Bonchev–Trinajstić information content (AvgIpc) is 3.40. The van der Waals surface area contributed by atoms with Gasteiger partial charge in [-0.25, -0.2) is 4.98 Å². The molecule has 142 valence electrons. The molecule has 5 rings (SSSR count). The molecule has 4 fully saturated rings. The summed E-state index contributed by atoms with van der Waals surface area (Å²) in [6.07, 6.45) is 5.84. The second-order valence-electron chi connectivity index (χ2n) is 8.26. The number of carboxylic acid groups (broad SMARTS) is 1. The predicted octanol–water partition coefficient (Wildman–Crippen LogP) is 1.70. The Morgan fingerprint density at radius 2 is 2.00 bits per heavy atom. The predicted molar refractivity (Wildman–Crippen MR) is 100 cm³/mol. The number of aliphatic carboxylic acids is 1. The van der Waals surface area contributed by atoms with Crippen molar-refractivity contribution >= 4 is 17.7 Å². The van der Waals surface area contributed by atoms with E-state index in [4.69, 9.17) is 10.8 Å². The van der Waals surface area contributed by atoms with Crippen molar-refractivity contribution in [3.8, 4) is 0 Å². The first-order chi connectivity index (χ1) is 12.5. The van der Waals surface area contributed by atoms with E-state index in [1.165, 1.54) is 38.8 Å². The van der Waals surface area contributed by atoms with Gasteiger partial charge in [-0.05, 0) is 50.9 Å². The highest BCUT2D eigenvalue weighted by atomic mass is 16.4. The Hall–Kier alpha value is -1.89. The largest absolute Gasteiger partial charge is 0.481 e. The van der Waals surface area contributed by atoms with Crippen LogP contribution in [0.1, 0.15) is 43.4 Å². The fraction of sp³-hybridized carbons (Fsp3) is 0.737. The van der Waals surface area contributed by atoms with Crippen LogP contribution in [0.5, 0.6) is 0 Å². The number of aryl methyl sites for hydroxylation is 1. The summed E-state index contributed by atoms with van der Waals surface area (Å²) in [5.74, 6) is 1.91. The summed E-state index contributed by atoms with van der Waals surface area (Å²) in [4.78, 5) is 25.0. The van der Waals surface area contributed by atoms with Crippen molar-refractivity contribution in [3.05, 3.63) is 11.3 Å². The average molecular weight is 359 g/mol. The minimum atomic E-state index is -0.793. The highest BCUT2D eigenvalue weighted by Crippen LogP contribution is 2.36. The number of piperidine rings is 1. The van der Waals surface area contributed by atoms with Crippen molar-refractivity contribution < 1.29 is 9.90 Å². The monoisotopic (exact) mass is 359 g/mol. The molecular formula is C19H29N5O2. The second kappa shape index (κ2) is 7.02. The van der Waals surface area contributed by atoms with E-state index in [1.54, 1.807) is 0 Å². The lowest BCUT2D eigenvalue weighted by atomic mass is 9.95. The lowest BCUT2D eigenvalue weighted by Crippen LogP contribution is -2.45. The van der Waals surface area contributed by atoms with Gasteiger partial charge in [-0.3, -0.25) is 9.69 Å². The molecule has 0 unspecified atom stereocenters. The molecule has 0 aromatic carbocycles. The maximum Gasteiger partial charge on any atom is 0.303 e. The third-order valence-corrected chi connectivity index (χ3v) is 6.11. The molecule has 0 spiro atoms. The standard InChI is InChI=1S/C19H29N5O2/c1-12-16(6-7-17(25)26)18(22-19(20)21-12)24-10-14-4-5-15(11-24)23(9-14)8-13-2-3-13/h13-15H,2-11H2,1H3,(H,25,26)(H2,20,21,22)/t14-,15-/m0/s1. The van der Waals surface area contributed by atoms with Crippen molar-refractivity contribution in [1.82, 2.24) is 14.9 Å². The minimum absolute atomic E-state index is 0.0929. The maximum atomic E-state index is 11.1. The van der Waals surface area contributed by atoms with Gasteiger partial charge in [-0.15, -0.1) is 0 Å². The molecule has 1 aliphatic carbocycles. The molecule has 7 nitrogen and oxygen atoms in total. The number of aromatic nitrogens is 2. The topological polar surface area (TPSA) is 95.6 Å². The van der Waals surface area contributed by atoms with Gasteiger partial charge in [0.2, 0.25) is 5.95 Å². The summed E-state index contributed by atoms with van der Waals surface area (Å²) in [5, 5.41) is 9.10. The smallest absolute Gasteiger partial charge is 0.303 e. The van der Waals surface area contributed by atoms with Gasteiger partial charge in [0.05, 0.1) is 0 Å². The van der Waals surface area contributed by atoms with Crippen molar-refractivity contribution in [2.75, 3.05) is 36.8 Å². The molecule has 2 atom stereocenters. The van der Waals surface area contributed by atoms with Gasteiger partial charge in [0.25, 0.3) is 0 Å². The molecule has 0 radical (unpaired) electrons. The van der Waals surface area contributed by atoms with Crippen LogP contribution in [0.25, 0.3) is 0 Å². The molecule has 26 heavy (non-hydrogen) atoms. The Morgan fingerprint density at radius 1 is 1.19 bits per heavy atom. The van der Waals surface area contributed by atoms with Gasteiger partial charge in [-0.2, -0.15) is 4.98 Å². The summed E-state index contributed by atoms with van der Waals surface area (Å²) in [6, 6.07) is 0.568. The SMILES string of the molecule is Cc1nc(N)nc(N2C[C@H]3CC[C@@H](C2)N(CC2CC2)C3)c1CCC(=O)O. The van der Waals surface area contributed by atoms with Crippen molar-refractivity contribution in [1.29, 1.82) is 0 Å². The third kappa shape index (κ3) is 3.77. The van der Waals surface area contributed by atoms with Crippen LogP contribution in [0, 0.1) is 18.8 Å². The van der Waals surface area contributed by atoms with Crippen LogP contribution in [-0.4, -0.2) is 58.2 Å². The molecular weight excluding hydrogens is 330 g/mol. The molecule has 4 heterocycles. The van der Waals surface area contributed by atoms with E-state index in [9.17, 15) is 4.79 Å². The van der Waals surface area contributed by atoms with E-state index in [-0.39, 0.29) is 12.4 Å². The Balaban J connectivity index is 1.59. The van der Waals surface area contributed by atoms with Crippen molar-refractivity contribution in [3.63, 3.8) is 0 Å². The van der Waals surface area contributed by atoms with E-state index in [1.807, 2.05) is 6.92 Å². The number of anilines is 2. The summed E-state index contributed by atoms with van der Waals surface area (Å²) >= 11 is 0. The van der Waals surface area contributed by atoms with Crippen LogP contribution in [0.3, 0.4) is 0 Å². The van der Waals surface area contributed by atoms with Gasteiger partial charge in [0, 0.05) is 49.9 Å². The molecule has 4 aliphatic rings. The number of carbonyl (C=O) groups is 1. The Bertz CT molecular complexity index is 691. The van der Waals surface area contributed by atoms with Gasteiger partial charge < -0.3 is 15.7 Å². The van der Waals surface area contributed by atoms with Crippen LogP contribution in [-0.2, 0) is 11.2 Å². The minimum Gasteiger partial charge on any atom is -0.481 e. The number of hydrogen-bond donors (Lipinski definition) is 2. The quantitative estimate of drug-likeness (QED) is 0.798. The number of carboxylic acids is 1.